The Morgan fingerprint density at radius 2 is 1.73 bits per heavy atom. The maximum Gasteiger partial charge on any atom is 0.275 e. The Morgan fingerprint density at radius 3 is 2.52 bits per heavy atom. The van der Waals surface area contributed by atoms with E-state index in [4.69, 9.17) is 0 Å². The van der Waals surface area contributed by atoms with Crippen LogP contribution in [-0.4, -0.2) is 59.5 Å². The van der Waals surface area contributed by atoms with Crippen LogP contribution >= 0.6 is 0 Å². The smallest absolute Gasteiger partial charge is 0.271 e. The van der Waals surface area contributed by atoms with Crippen molar-refractivity contribution in [2.45, 2.75) is 19.9 Å². The minimum Gasteiger partial charge on any atom is -0.271 e. The van der Waals surface area contributed by atoms with Crippen LogP contribution in [0.25, 0.3) is 17.1 Å². The van der Waals surface area contributed by atoms with Gasteiger partial charge in [0.15, 0.2) is 0 Å². The average molecular weight is 441 g/mol. The summed E-state index contributed by atoms with van der Waals surface area (Å²) in [5, 5.41) is 11.9. The van der Waals surface area contributed by atoms with E-state index in [9.17, 15) is 9.59 Å². The molecule has 5 rings (SSSR count). The summed E-state index contributed by atoms with van der Waals surface area (Å²) < 4.78 is 3.31. The van der Waals surface area contributed by atoms with Crippen molar-refractivity contribution in [1.82, 2.24) is 34.6 Å². The molecule has 1 saturated heterocycles. The Bertz CT molecular complexity index is 1280. The molecular formula is C24H23N7O2. The second-order valence-electron chi connectivity index (χ2n) is 7.80. The number of carbonyl (C=O) groups excluding carboxylic acids is 2. The van der Waals surface area contributed by atoms with Gasteiger partial charge in [0.1, 0.15) is 12.2 Å². The minimum atomic E-state index is -0.227. The number of amides is 2. The van der Waals surface area contributed by atoms with Crippen LogP contribution in [-0.2, 0) is 11.3 Å². The summed E-state index contributed by atoms with van der Waals surface area (Å²) in [7, 11) is 0. The fourth-order valence-electron chi connectivity index (χ4n) is 3.99. The lowest BCUT2D eigenvalue weighted by molar-refractivity contribution is -0.141. The van der Waals surface area contributed by atoms with E-state index in [1.54, 1.807) is 28.0 Å². The largest absolute Gasteiger partial charge is 0.275 e. The summed E-state index contributed by atoms with van der Waals surface area (Å²) in [6.45, 7) is 2.88. The number of nitrogens with zero attached hydrogens (tertiary/aromatic N) is 7. The Kier molecular flexibility index (Phi) is 5.43. The quantitative estimate of drug-likeness (QED) is 0.475. The van der Waals surface area contributed by atoms with Crippen molar-refractivity contribution in [3.63, 3.8) is 0 Å². The molecular weight excluding hydrogens is 418 g/mol. The number of benzene rings is 1. The third-order valence-corrected chi connectivity index (χ3v) is 5.66. The number of hydrogen-bond donors (Lipinski definition) is 0. The van der Waals surface area contributed by atoms with Gasteiger partial charge in [0.05, 0.1) is 28.8 Å². The summed E-state index contributed by atoms with van der Waals surface area (Å²) in [6, 6.07) is 17.1. The Labute approximate surface area is 190 Å². The van der Waals surface area contributed by atoms with Gasteiger partial charge in [-0.25, -0.2) is 14.7 Å². The van der Waals surface area contributed by atoms with Crippen LogP contribution in [0.5, 0.6) is 0 Å². The number of carbonyl (C=O) groups is 2. The van der Waals surface area contributed by atoms with E-state index in [2.05, 4.69) is 15.2 Å². The molecule has 1 aromatic carbocycles. The number of hydrazine groups is 1. The van der Waals surface area contributed by atoms with E-state index in [1.807, 2.05) is 61.5 Å². The van der Waals surface area contributed by atoms with E-state index in [0.717, 1.165) is 23.5 Å². The lowest BCUT2D eigenvalue weighted by Gasteiger charge is -2.27. The molecule has 0 saturated carbocycles. The van der Waals surface area contributed by atoms with Crippen LogP contribution in [0.4, 0.5) is 0 Å². The second-order valence-corrected chi connectivity index (χ2v) is 7.80. The Morgan fingerprint density at radius 1 is 0.939 bits per heavy atom. The predicted octanol–water partition coefficient (Wildman–Crippen LogP) is 2.73. The summed E-state index contributed by atoms with van der Waals surface area (Å²) in [4.78, 5) is 30.7. The molecule has 0 atom stereocenters. The van der Waals surface area contributed by atoms with Crippen molar-refractivity contribution in [2.75, 3.05) is 13.1 Å². The molecule has 0 unspecified atom stereocenters. The van der Waals surface area contributed by atoms with Crippen LogP contribution in [0.15, 0.2) is 73.2 Å². The first-order valence-corrected chi connectivity index (χ1v) is 10.8. The van der Waals surface area contributed by atoms with E-state index >= 15 is 0 Å². The lowest BCUT2D eigenvalue weighted by atomic mass is 10.2. The zero-order chi connectivity index (χ0) is 22.8. The van der Waals surface area contributed by atoms with Gasteiger partial charge in [0.2, 0.25) is 0 Å². The molecule has 0 bridgehead atoms. The normalized spacial score (nSPS) is 13.5. The van der Waals surface area contributed by atoms with Gasteiger partial charge >= 0.3 is 0 Å². The highest BCUT2D eigenvalue weighted by Crippen LogP contribution is 2.20. The lowest BCUT2D eigenvalue weighted by Crippen LogP contribution is -2.46. The first-order chi connectivity index (χ1) is 16.1. The number of aromatic nitrogens is 5. The zero-order valence-corrected chi connectivity index (χ0v) is 18.2. The molecule has 0 aliphatic carbocycles. The summed E-state index contributed by atoms with van der Waals surface area (Å²) >= 11 is 0. The summed E-state index contributed by atoms with van der Waals surface area (Å²) in [5.41, 5.74) is 3.53. The topological polar surface area (TPSA) is 89.2 Å². The number of pyridine rings is 1. The van der Waals surface area contributed by atoms with Crippen molar-refractivity contribution in [2.24, 2.45) is 0 Å². The fourth-order valence-corrected chi connectivity index (χ4v) is 3.99. The Hall–Kier alpha value is -4.27. The van der Waals surface area contributed by atoms with Crippen LogP contribution in [0, 0.1) is 6.92 Å². The van der Waals surface area contributed by atoms with E-state index in [0.29, 0.717) is 24.3 Å². The van der Waals surface area contributed by atoms with Crippen LogP contribution in [0.1, 0.15) is 22.5 Å². The van der Waals surface area contributed by atoms with Crippen molar-refractivity contribution >= 4 is 11.8 Å². The summed E-state index contributed by atoms with van der Waals surface area (Å²) in [5.74, 6) is -0.417. The molecule has 4 aromatic rings. The molecule has 0 radical (unpaired) electrons. The molecule has 2 amide bonds. The molecule has 33 heavy (non-hydrogen) atoms. The van der Waals surface area contributed by atoms with Gasteiger partial charge in [-0.1, -0.05) is 24.3 Å². The standard InChI is InChI=1S/C24H23N7O2/c1-18-20(16-26-31(18)19-8-3-2-4-9-19)24(33)30-14-7-13-29(30)23(32)17-28-15-11-22(27-28)21-10-5-6-12-25-21/h2-6,8-12,15-16H,7,13-14,17H2,1H3. The van der Waals surface area contributed by atoms with Gasteiger partial charge < -0.3 is 0 Å². The molecule has 4 heterocycles. The van der Waals surface area contributed by atoms with Gasteiger partial charge in [0.25, 0.3) is 11.8 Å². The SMILES string of the molecule is Cc1c(C(=O)N2CCCN2C(=O)Cn2ccc(-c3ccccn3)n2)cnn1-c1ccccc1. The van der Waals surface area contributed by atoms with Crippen LogP contribution in [0.3, 0.4) is 0 Å². The molecule has 1 aliphatic heterocycles. The second kappa shape index (κ2) is 8.70. The highest BCUT2D eigenvalue weighted by atomic mass is 16.2. The van der Waals surface area contributed by atoms with E-state index < -0.39 is 0 Å². The molecule has 1 aliphatic rings. The molecule has 9 nitrogen and oxygen atoms in total. The van der Waals surface area contributed by atoms with Gasteiger partial charge in [0, 0.05) is 25.5 Å². The van der Waals surface area contributed by atoms with Crippen molar-refractivity contribution in [3.8, 4) is 17.1 Å². The highest BCUT2D eigenvalue weighted by molar-refractivity contribution is 5.96. The minimum absolute atomic E-state index is 0.0405. The number of hydrogen-bond acceptors (Lipinski definition) is 5. The fraction of sp³-hybridized carbons (Fsp3) is 0.208. The van der Waals surface area contributed by atoms with Gasteiger partial charge in [-0.2, -0.15) is 10.2 Å². The van der Waals surface area contributed by atoms with Crippen molar-refractivity contribution < 1.29 is 9.59 Å². The van der Waals surface area contributed by atoms with E-state index in [1.165, 1.54) is 10.0 Å². The molecule has 0 N–H and O–H groups in total. The monoisotopic (exact) mass is 441 g/mol. The third-order valence-electron chi connectivity index (χ3n) is 5.66. The third kappa shape index (κ3) is 4.00. The predicted molar refractivity (Wildman–Crippen MR) is 121 cm³/mol. The van der Waals surface area contributed by atoms with Crippen LogP contribution < -0.4 is 0 Å². The van der Waals surface area contributed by atoms with E-state index in [-0.39, 0.29) is 18.4 Å². The van der Waals surface area contributed by atoms with Gasteiger partial charge in [-0.3, -0.25) is 19.3 Å². The Balaban J connectivity index is 1.31. The molecule has 0 spiro atoms. The molecule has 3 aromatic heterocycles. The van der Waals surface area contributed by atoms with Crippen molar-refractivity contribution in [1.29, 1.82) is 0 Å². The maximum absolute atomic E-state index is 13.3. The molecule has 1 fully saturated rings. The van der Waals surface area contributed by atoms with Crippen LogP contribution in [0.2, 0.25) is 0 Å². The van der Waals surface area contributed by atoms with Gasteiger partial charge in [-0.15, -0.1) is 0 Å². The maximum atomic E-state index is 13.3. The highest BCUT2D eigenvalue weighted by Gasteiger charge is 2.33. The van der Waals surface area contributed by atoms with Gasteiger partial charge in [-0.05, 0) is 43.7 Å². The number of para-hydroxylation sites is 1. The molecule has 166 valence electrons. The first-order valence-electron chi connectivity index (χ1n) is 10.8. The van der Waals surface area contributed by atoms with Crippen molar-refractivity contribution in [3.05, 3.63) is 84.4 Å². The summed E-state index contributed by atoms with van der Waals surface area (Å²) in [6.07, 6.45) is 5.74. The zero-order valence-electron chi connectivity index (χ0n) is 18.2. The average Bonchev–Trinajstić information content (AvgIpc) is 3.60. The number of rotatable bonds is 5. The first kappa shape index (κ1) is 20.6. The molecule has 9 heteroatoms.